The van der Waals surface area contributed by atoms with E-state index >= 15 is 0 Å². The third kappa shape index (κ3) is 3.39. The molecule has 0 spiro atoms. The molecule has 26 heavy (non-hydrogen) atoms. The van der Waals surface area contributed by atoms with Crippen LogP contribution in [0.5, 0.6) is 0 Å². The smallest absolute Gasteiger partial charge is 0.253 e. The summed E-state index contributed by atoms with van der Waals surface area (Å²) in [5.74, 6) is 0.585. The Hall–Kier alpha value is -2.56. The molecule has 1 aliphatic carbocycles. The van der Waals surface area contributed by atoms with Crippen LogP contribution in [-0.2, 0) is 4.79 Å². The molecule has 1 aromatic carbocycles. The van der Waals surface area contributed by atoms with Crippen molar-refractivity contribution < 1.29 is 9.59 Å². The standard InChI is InChI=1S/C21H25N3O2/c25-20(17-5-3-6-17)23-13-4-14-24(16-15-23)21(26)18-7-9-19(10-8-18)22-11-1-2-12-22/h1-2,7-12,17H,3-6,13-16H2. The van der Waals surface area contributed by atoms with Gasteiger partial charge in [0.2, 0.25) is 5.91 Å². The first-order chi connectivity index (χ1) is 12.7. The summed E-state index contributed by atoms with van der Waals surface area (Å²) in [5.41, 5.74) is 1.75. The summed E-state index contributed by atoms with van der Waals surface area (Å²) < 4.78 is 2.02. The molecule has 2 aromatic rings. The van der Waals surface area contributed by atoms with Crippen LogP contribution in [0, 0.1) is 5.92 Å². The number of rotatable bonds is 3. The van der Waals surface area contributed by atoms with Crippen LogP contribution in [0.4, 0.5) is 0 Å². The molecule has 0 radical (unpaired) electrons. The Labute approximate surface area is 154 Å². The maximum absolute atomic E-state index is 12.8. The van der Waals surface area contributed by atoms with Crippen molar-refractivity contribution in [2.75, 3.05) is 26.2 Å². The molecule has 0 bridgehead atoms. The van der Waals surface area contributed by atoms with Gasteiger partial charge in [-0.1, -0.05) is 6.42 Å². The van der Waals surface area contributed by atoms with E-state index in [1.54, 1.807) is 0 Å². The second-order valence-corrected chi connectivity index (χ2v) is 7.24. The van der Waals surface area contributed by atoms with Crippen molar-refractivity contribution in [3.63, 3.8) is 0 Å². The maximum atomic E-state index is 12.8. The topological polar surface area (TPSA) is 45.6 Å². The van der Waals surface area contributed by atoms with E-state index < -0.39 is 0 Å². The predicted octanol–water partition coefficient (Wildman–Crippen LogP) is 2.95. The van der Waals surface area contributed by atoms with Gasteiger partial charge in [0, 0.05) is 55.7 Å². The van der Waals surface area contributed by atoms with Gasteiger partial charge in [0.25, 0.3) is 5.91 Å². The molecule has 1 aliphatic heterocycles. The first-order valence-corrected chi connectivity index (χ1v) is 9.54. The van der Waals surface area contributed by atoms with E-state index in [0.717, 1.165) is 31.5 Å². The number of nitrogens with zero attached hydrogens (tertiary/aromatic N) is 3. The summed E-state index contributed by atoms with van der Waals surface area (Å²) in [6.07, 6.45) is 8.07. The average Bonchev–Trinajstić information content (AvgIpc) is 3.04. The fourth-order valence-corrected chi connectivity index (χ4v) is 3.72. The summed E-state index contributed by atoms with van der Waals surface area (Å²) in [4.78, 5) is 29.1. The van der Waals surface area contributed by atoms with Gasteiger partial charge < -0.3 is 14.4 Å². The van der Waals surface area contributed by atoms with Gasteiger partial charge in [-0.2, -0.15) is 0 Å². The molecule has 1 saturated heterocycles. The maximum Gasteiger partial charge on any atom is 0.253 e. The highest BCUT2D eigenvalue weighted by molar-refractivity contribution is 5.94. The minimum Gasteiger partial charge on any atom is -0.341 e. The van der Waals surface area contributed by atoms with Crippen molar-refractivity contribution in [1.29, 1.82) is 0 Å². The highest BCUT2D eigenvalue weighted by Gasteiger charge is 2.31. The van der Waals surface area contributed by atoms with Crippen molar-refractivity contribution in [2.45, 2.75) is 25.7 Å². The van der Waals surface area contributed by atoms with Gasteiger partial charge in [0.1, 0.15) is 0 Å². The second kappa shape index (κ2) is 7.36. The van der Waals surface area contributed by atoms with Gasteiger partial charge >= 0.3 is 0 Å². The summed E-state index contributed by atoms with van der Waals surface area (Å²) >= 11 is 0. The molecule has 5 nitrogen and oxygen atoms in total. The number of carbonyl (C=O) groups is 2. The average molecular weight is 351 g/mol. The Morgan fingerprint density at radius 1 is 0.808 bits per heavy atom. The lowest BCUT2D eigenvalue weighted by molar-refractivity contribution is -0.138. The fraction of sp³-hybridized carbons (Fsp3) is 0.429. The normalized spacial score (nSPS) is 18.3. The van der Waals surface area contributed by atoms with Gasteiger partial charge in [0.15, 0.2) is 0 Å². The Morgan fingerprint density at radius 2 is 1.46 bits per heavy atom. The predicted molar refractivity (Wildman–Crippen MR) is 100 cm³/mol. The molecule has 136 valence electrons. The van der Waals surface area contributed by atoms with Crippen molar-refractivity contribution in [3.8, 4) is 5.69 Å². The minimum absolute atomic E-state index is 0.0574. The molecule has 2 fully saturated rings. The van der Waals surface area contributed by atoms with Gasteiger partial charge in [0.05, 0.1) is 0 Å². The summed E-state index contributed by atoms with van der Waals surface area (Å²) in [6, 6.07) is 11.7. The number of carbonyl (C=O) groups excluding carboxylic acids is 2. The zero-order chi connectivity index (χ0) is 17.9. The zero-order valence-electron chi connectivity index (χ0n) is 15.0. The summed E-state index contributed by atoms with van der Waals surface area (Å²) in [6.45, 7) is 2.76. The lowest BCUT2D eigenvalue weighted by Crippen LogP contribution is -2.41. The molecular formula is C21H25N3O2. The van der Waals surface area contributed by atoms with Crippen LogP contribution < -0.4 is 0 Å². The quantitative estimate of drug-likeness (QED) is 0.853. The second-order valence-electron chi connectivity index (χ2n) is 7.24. The Kier molecular flexibility index (Phi) is 4.78. The first kappa shape index (κ1) is 16.9. The molecule has 5 heteroatoms. The lowest BCUT2D eigenvalue weighted by Gasteiger charge is -2.31. The van der Waals surface area contributed by atoms with Crippen LogP contribution in [0.1, 0.15) is 36.0 Å². The van der Waals surface area contributed by atoms with E-state index in [0.29, 0.717) is 31.1 Å². The van der Waals surface area contributed by atoms with E-state index in [4.69, 9.17) is 0 Å². The Bertz CT molecular complexity index is 763. The van der Waals surface area contributed by atoms with Crippen LogP contribution in [0.25, 0.3) is 5.69 Å². The molecule has 0 N–H and O–H groups in total. The molecule has 2 amide bonds. The number of benzene rings is 1. The van der Waals surface area contributed by atoms with E-state index in [-0.39, 0.29) is 11.8 Å². The summed E-state index contributed by atoms with van der Waals surface area (Å²) in [5, 5.41) is 0. The van der Waals surface area contributed by atoms with Crippen molar-refractivity contribution in [3.05, 3.63) is 54.4 Å². The third-order valence-corrected chi connectivity index (χ3v) is 5.57. The van der Waals surface area contributed by atoms with Gasteiger partial charge in [-0.25, -0.2) is 0 Å². The van der Waals surface area contributed by atoms with Gasteiger partial charge in [-0.15, -0.1) is 0 Å². The number of aromatic nitrogens is 1. The van der Waals surface area contributed by atoms with Crippen LogP contribution in [0.2, 0.25) is 0 Å². The van der Waals surface area contributed by atoms with E-state index in [9.17, 15) is 9.59 Å². The minimum atomic E-state index is 0.0574. The molecule has 2 heterocycles. The fourth-order valence-electron chi connectivity index (χ4n) is 3.72. The monoisotopic (exact) mass is 351 g/mol. The van der Waals surface area contributed by atoms with E-state index in [1.807, 2.05) is 63.2 Å². The molecule has 0 atom stereocenters. The molecular weight excluding hydrogens is 326 g/mol. The Morgan fingerprint density at radius 3 is 2.12 bits per heavy atom. The molecule has 1 aromatic heterocycles. The largest absolute Gasteiger partial charge is 0.341 e. The van der Waals surface area contributed by atoms with E-state index in [1.165, 1.54) is 6.42 Å². The Balaban J connectivity index is 1.39. The number of hydrogen-bond acceptors (Lipinski definition) is 2. The van der Waals surface area contributed by atoms with Crippen molar-refractivity contribution in [2.24, 2.45) is 5.92 Å². The highest BCUT2D eigenvalue weighted by atomic mass is 16.2. The molecule has 2 aliphatic rings. The zero-order valence-corrected chi connectivity index (χ0v) is 15.0. The highest BCUT2D eigenvalue weighted by Crippen LogP contribution is 2.28. The molecule has 0 unspecified atom stereocenters. The van der Waals surface area contributed by atoms with Crippen LogP contribution in [0.3, 0.4) is 0 Å². The van der Waals surface area contributed by atoms with Crippen molar-refractivity contribution in [1.82, 2.24) is 14.4 Å². The number of amides is 2. The lowest BCUT2D eigenvalue weighted by atomic mass is 9.84. The van der Waals surface area contributed by atoms with Gasteiger partial charge in [-0.05, 0) is 55.7 Å². The first-order valence-electron chi connectivity index (χ1n) is 9.54. The van der Waals surface area contributed by atoms with E-state index in [2.05, 4.69) is 0 Å². The summed E-state index contributed by atoms with van der Waals surface area (Å²) in [7, 11) is 0. The van der Waals surface area contributed by atoms with Gasteiger partial charge in [-0.3, -0.25) is 9.59 Å². The molecule has 4 rings (SSSR count). The SMILES string of the molecule is O=C(c1ccc(-n2cccc2)cc1)N1CCCN(C(=O)C2CCC2)CC1. The third-order valence-electron chi connectivity index (χ3n) is 5.57. The van der Waals surface area contributed by atoms with Crippen LogP contribution >= 0.6 is 0 Å². The van der Waals surface area contributed by atoms with Crippen LogP contribution in [-0.4, -0.2) is 52.4 Å². The van der Waals surface area contributed by atoms with Crippen molar-refractivity contribution >= 4 is 11.8 Å². The molecule has 1 saturated carbocycles. The van der Waals surface area contributed by atoms with Crippen LogP contribution in [0.15, 0.2) is 48.8 Å². The number of hydrogen-bond donors (Lipinski definition) is 0.